The van der Waals surface area contributed by atoms with Gasteiger partial charge in [-0.2, -0.15) is 19.9 Å². The zero-order valence-corrected chi connectivity index (χ0v) is 77.8. The highest BCUT2D eigenvalue weighted by Crippen LogP contribution is 2.54. The molecule has 140 heavy (non-hydrogen) atoms. The standard InChI is InChI=1S/C72H50N4.C60H42N4/c1-72(2)65-35-17-15-33-61(65)63-45-64-62-34-16-18-36-67(62)76(68(64)46-66(63)72)71-74-69(53-31-19-29-51(37-53)59-41-55(47-21-7-3-8-22-47)39-56(42-59)48-23-9-4-10-24-48)73-70(75-71)54-32-20-30-52(38-54)60-43-57(49-25-11-5-12-26-49)40-58(44-60)50-27-13-6-14-28-50;1-60(2)53-29-16-15-28-49(53)50-37-52-51-36-45(43-26-17-27-44(32-43)48-34-46(39-18-7-3-8-19-39)33-47(35-48)40-20-9-4-10-21-40)30-31-55(51)64(56(52)38-54(50)60)59-62-57(41-22-11-5-12-23-41)61-58(63-59)42-24-13-6-14-25-42/h3-46H,1-2H3;3-38H,1-2H3. The van der Waals surface area contributed by atoms with E-state index in [4.69, 9.17) is 29.9 Å². The van der Waals surface area contributed by atoms with Gasteiger partial charge in [0.2, 0.25) is 11.9 Å². The molecule has 4 heterocycles. The molecule has 0 fully saturated rings. The summed E-state index contributed by atoms with van der Waals surface area (Å²) in [4.78, 5) is 32.1. The van der Waals surface area contributed by atoms with Gasteiger partial charge in [-0.15, -0.1) is 0 Å². The summed E-state index contributed by atoms with van der Waals surface area (Å²) in [6.45, 7) is 9.35. The first-order chi connectivity index (χ1) is 68.8. The third-order valence-electron chi connectivity index (χ3n) is 28.4. The molecule has 0 unspecified atom stereocenters. The Morgan fingerprint density at radius 1 is 0.143 bits per heavy atom. The van der Waals surface area contributed by atoms with E-state index in [1.807, 2.05) is 36.4 Å². The smallest absolute Gasteiger partial charge is 0.238 e. The number of benzene rings is 20. The predicted octanol–water partition coefficient (Wildman–Crippen LogP) is 33.9. The first-order valence-corrected chi connectivity index (χ1v) is 48.0. The number of fused-ring (bicyclic) bond motifs is 12. The van der Waals surface area contributed by atoms with Crippen LogP contribution in [0.25, 0.3) is 235 Å². The van der Waals surface area contributed by atoms with E-state index in [-0.39, 0.29) is 10.8 Å². The third-order valence-corrected chi connectivity index (χ3v) is 28.4. The van der Waals surface area contributed by atoms with Crippen molar-refractivity contribution in [3.05, 3.63) is 508 Å². The molecule has 8 nitrogen and oxygen atoms in total. The summed E-state index contributed by atoms with van der Waals surface area (Å²) in [7, 11) is 0. The summed E-state index contributed by atoms with van der Waals surface area (Å²) in [6.07, 6.45) is 0. The lowest BCUT2D eigenvalue weighted by molar-refractivity contribution is 0.660. The lowest BCUT2D eigenvalue weighted by Crippen LogP contribution is -2.15. The minimum Gasteiger partial charge on any atom is -0.278 e. The van der Waals surface area contributed by atoms with Gasteiger partial charge in [-0.05, 0) is 271 Å². The van der Waals surface area contributed by atoms with Crippen molar-refractivity contribution in [3.63, 3.8) is 0 Å². The Bertz CT molecular complexity index is 8520. The molecule has 0 atom stereocenters. The van der Waals surface area contributed by atoms with Crippen molar-refractivity contribution >= 4 is 43.6 Å². The summed E-state index contributed by atoms with van der Waals surface area (Å²) in [5.74, 6) is 3.59. The van der Waals surface area contributed by atoms with Gasteiger partial charge in [-0.25, -0.2) is 9.97 Å². The Morgan fingerprint density at radius 2 is 0.379 bits per heavy atom. The predicted molar refractivity (Wildman–Crippen MR) is 580 cm³/mol. The maximum Gasteiger partial charge on any atom is 0.238 e. The van der Waals surface area contributed by atoms with Gasteiger partial charge in [-0.3, -0.25) is 9.13 Å². The summed E-state index contributed by atoms with van der Waals surface area (Å²) < 4.78 is 4.52. The Labute approximate surface area is 814 Å². The number of rotatable bonds is 16. The fourth-order valence-corrected chi connectivity index (χ4v) is 21.3. The highest BCUT2D eigenvalue weighted by molar-refractivity contribution is 6.14. The van der Waals surface area contributed by atoms with Crippen LogP contribution in [0, 0.1) is 0 Å². The van der Waals surface area contributed by atoms with Gasteiger partial charge in [0.1, 0.15) is 0 Å². The van der Waals surface area contributed by atoms with Crippen LogP contribution in [-0.4, -0.2) is 39.0 Å². The van der Waals surface area contributed by atoms with Crippen LogP contribution in [0.15, 0.2) is 485 Å². The Balaban J connectivity index is 0.000000150. The minimum absolute atomic E-state index is 0.186. The molecule has 4 aromatic heterocycles. The van der Waals surface area contributed by atoms with E-state index in [2.05, 4.69) is 486 Å². The van der Waals surface area contributed by atoms with Crippen molar-refractivity contribution in [1.29, 1.82) is 0 Å². The van der Waals surface area contributed by atoms with E-state index in [0.29, 0.717) is 35.2 Å². The van der Waals surface area contributed by atoms with Gasteiger partial charge in [0.15, 0.2) is 23.3 Å². The fraction of sp³-hybridized carbons (Fsp3) is 0.0455. The normalized spacial score (nSPS) is 12.5. The van der Waals surface area contributed by atoms with E-state index in [0.717, 1.165) is 122 Å². The van der Waals surface area contributed by atoms with Crippen LogP contribution in [-0.2, 0) is 10.8 Å². The lowest BCUT2D eigenvalue weighted by Gasteiger charge is -2.21. The molecule has 20 aromatic carbocycles. The van der Waals surface area contributed by atoms with Crippen LogP contribution in [0.4, 0.5) is 0 Å². The molecule has 0 saturated carbocycles. The molecule has 660 valence electrons. The van der Waals surface area contributed by atoms with E-state index < -0.39 is 0 Å². The second-order valence-corrected chi connectivity index (χ2v) is 37.7. The van der Waals surface area contributed by atoms with Gasteiger partial charge in [-0.1, -0.05) is 398 Å². The summed E-state index contributed by atoms with van der Waals surface area (Å²) in [6, 6.07) is 174. The molecule has 8 heteroatoms. The summed E-state index contributed by atoms with van der Waals surface area (Å²) in [5.41, 5.74) is 40.9. The van der Waals surface area contributed by atoms with Gasteiger partial charge >= 0.3 is 0 Å². The second kappa shape index (κ2) is 34.7. The quantitative estimate of drug-likeness (QED) is 0.0958. The highest BCUT2D eigenvalue weighted by Gasteiger charge is 2.39. The van der Waals surface area contributed by atoms with Gasteiger partial charge in [0.25, 0.3) is 0 Å². The maximum absolute atomic E-state index is 5.52. The van der Waals surface area contributed by atoms with Crippen molar-refractivity contribution < 1.29 is 0 Å². The maximum atomic E-state index is 5.52. The second-order valence-electron chi connectivity index (χ2n) is 37.7. The van der Waals surface area contributed by atoms with Crippen LogP contribution >= 0.6 is 0 Å². The molecule has 0 amide bonds. The van der Waals surface area contributed by atoms with Crippen molar-refractivity contribution in [1.82, 2.24) is 39.0 Å². The number of para-hydroxylation sites is 1. The van der Waals surface area contributed by atoms with Gasteiger partial charge in [0.05, 0.1) is 22.1 Å². The molecular formula is C132H92N8. The molecule has 0 bridgehead atoms. The summed E-state index contributed by atoms with van der Waals surface area (Å²) >= 11 is 0. The average Bonchev–Trinajstić information content (AvgIpc) is 1.55. The fourth-order valence-electron chi connectivity index (χ4n) is 21.3. The molecule has 2 aliphatic carbocycles. The van der Waals surface area contributed by atoms with Crippen LogP contribution in [0.5, 0.6) is 0 Å². The van der Waals surface area contributed by atoms with Gasteiger partial charge < -0.3 is 0 Å². The molecule has 2 aliphatic rings. The molecule has 0 radical (unpaired) electrons. The van der Waals surface area contributed by atoms with Crippen LogP contribution in [0.3, 0.4) is 0 Å². The molecule has 0 spiro atoms. The van der Waals surface area contributed by atoms with Crippen LogP contribution < -0.4 is 0 Å². The molecule has 24 aromatic rings. The largest absolute Gasteiger partial charge is 0.278 e. The lowest BCUT2D eigenvalue weighted by atomic mass is 9.82. The molecule has 0 aliphatic heterocycles. The Hall–Kier alpha value is -18.0. The highest BCUT2D eigenvalue weighted by atomic mass is 15.2. The van der Waals surface area contributed by atoms with Crippen LogP contribution in [0.2, 0.25) is 0 Å². The third kappa shape index (κ3) is 15.2. The number of hydrogen-bond donors (Lipinski definition) is 0. The summed E-state index contributed by atoms with van der Waals surface area (Å²) in [5, 5.41) is 4.61. The van der Waals surface area contributed by atoms with Crippen LogP contribution in [0.1, 0.15) is 49.9 Å². The number of nitrogens with zero attached hydrogens (tertiary/aromatic N) is 8. The van der Waals surface area contributed by atoms with E-state index >= 15 is 0 Å². The molecule has 0 saturated heterocycles. The van der Waals surface area contributed by atoms with Crippen molar-refractivity contribution in [2.45, 2.75) is 38.5 Å². The number of aromatic nitrogens is 8. The number of hydrogen-bond acceptors (Lipinski definition) is 6. The topological polar surface area (TPSA) is 87.2 Å². The first-order valence-electron chi connectivity index (χ1n) is 48.0. The Kier molecular flexibility index (Phi) is 20.8. The zero-order chi connectivity index (χ0) is 93.5. The zero-order valence-electron chi connectivity index (χ0n) is 77.8. The molecule has 0 N–H and O–H groups in total. The molecular weight excluding hydrogens is 1700 g/mol. The van der Waals surface area contributed by atoms with Gasteiger partial charge in [0, 0.05) is 54.6 Å². The monoisotopic (exact) mass is 1790 g/mol. The molecule has 26 rings (SSSR count). The van der Waals surface area contributed by atoms with E-state index in [9.17, 15) is 0 Å². The first kappa shape index (κ1) is 83.8. The average molecular weight is 1790 g/mol. The van der Waals surface area contributed by atoms with Crippen molar-refractivity contribution in [2.75, 3.05) is 0 Å². The SMILES string of the molecule is CC1(C)c2ccccc2-c2cc3c4cc(-c5cccc(-c6cc(-c7ccccc7)cc(-c7ccccc7)c6)c5)ccc4n(-c4nc(-c5ccccc5)nc(-c5ccccc5)n4)c3cc21.CC1(C)c2ccccc2-c2cc3c4ccccc4n(-c4nc(-c5cccc(-c6cc(-c7ccccc7)cc(-c7ccccc7)c6)c5)nc(-c5cccc(-c6cc(-c7ccccc7)cc(-c7ccccc7)c6)c5)n4)c3cc21. The van der Waals surface area contributed by atoms with E-state index in [1.165, 1.54) is 100 Å². The van der Waals surface area contributed by atoms with E-state index in [1.54, 1.807) is 0 Å². The van der Waals surface area contributed by atoms with Crippen molar-refractivity contribution in [3.8, 4) is 191 Å². The minimum atomic E-state index is -0.200. The van der Waals surface area contributed by atoms with Crippen molar-refractivity contribution in [2.24, 2.45) is 0 Å². The Morgan fingerprint density at radius 3 is 0.729 bits per heavy atom.